The van der Waals surface area contributed by atoms with Crippen LogP contribution in [0.5, 0.6) is 0 Å². The maximum absolute atomic E-state index is 10.6. The number of Topliss-reactive ketones (excluding diaryl/α,β-unsaturated/α-hetero) is 1. The van der Waals surface area contributed by atoms with Gasteiger partial charge < -0.3 is 4.42 Å². The molecule has 0 radical (unpaired) electrons. The van der Waals surface area contributed by atoms with Gasteiger partial charge in [-0.15, -0.1) is 0 Å². The fraction of sp³-hybridized carbons (Fsp3) is 0.143. The Morgan fingerprint density at radius 1 is 1.50 bits per heavy atom. The summed E-state index contributed by atoms with van der Waals surface area (Å²) in [6, 6.07) is 4.21. The molecule has 3 nitrogen and oxygen atoms in total. The molecule has 1 aromatic rings. The van der Waals surface area contributed by atoms with Crippen molar-refractivity contribution in [3.8, 4) is 0 Å². The van der Waals surface area contributed by atoms with Crippen LogP contribution in [-0.2, 0) is 0 Å². The molecule has 0 aliphatic carbocycles. The van der Waals surface area contributed by atoms with Crippen molar-refractivity contribution in [1.29, 1.82) is 0 Å². The maximum Gasteiger partial charge on any atom is 0.336 e. The normalized spacial score (nSPS) is 9.30. The molecule has 0 amide bonds. The highest BCUT2D eigenvalue weighted by Gasteiger charge is 1.99. The van der Waals surface area contributed by atoms with E-state index in [1.54, 1.807) is 0 Å². The van der Waals surface area contributed by atoms with Crippen molar-refractivity contribution in [2.75, 3.05) is 0 Å². The molecule has 0 aromatic carbocycles. The zero-order valence-electron chi connectivity index (χ0n) is 5.46. The lowest BCUT2D eigenvalue weighted by Gasteiger charge is -1.88. The van der Waals surface area contributed by atoms with Gasteiger partial charge in [0.2, 0.25) is 0 Å². The molecule has 0 N–H and O–H groups in total. The first-order chi connectivity index (χ1) is 4.70. The van der Waals surface area contributed by atoms with Crippen LogP contribution in [0.3, 0.4) is 0 Å². The third-order valence-electron chi connectivity index (χ3n) is 1.04. The van der Waals surface area contributed by atoms with Crippen LogP contribution >= 0.6 is 0 Å². The first-order valence-corrected chi connectivity index (χ1v) is 2.81. The second kappa shape index (κ2) is 2.47. The Kier molecular flexibility index (Phi) is 1.67. The van der Waals surface area contributed by atoms with Crippen LogP contribution < -0.4 is 5.63 Å². The van der Waals surface area contributed by atoms with E-state index in [-0.39, 0.29) is 11.5 Å². The van der Waals surface area contributed by atoms with Gasteiger partial charge in [0.05, 0.1) is 0 Å². The van der Waals surface area contributed by atoms with Gasteiger partial charge in [-0.3, -0.25) is 4.79 Å². The monoisotopic (exact) mass is 138 g/mol. The van der Waals surface area contributed by atoms with E-state index in [1.165, 1.54) is 25.1 Å². The predicted octanol–water partition coefficient (Wildman–Crippen LogP) is 0.842. The second-order valence-corrected chi connectivity index (χ2v) is 1.87. The van der Waals surface area contributed by atoms with Gasteiger partial charge in [-0.2, -0.15) is 0 Å². The quantitative estimate of drug-likeness (QED) is 0.540. The number of carbonyl (C=O) groups is 1. The van der Waals surface area contributed by atoms with Crippen molar-refractivity contribution in [3.63, 3.8) is 0 Å². The molecule has 0 atom stereocenters. The Hall–Kier alpha value is -1.38. The zero-order chi connectivity index (χ0) is 7.56. The molecule has 1 rings (SSSR count). The summed E-state index contributed by atoms with van der Waals surface area (Å²) in [7, 11) is 0. The average Bonchev–Trinajstić information content (AvgIpc) is 1.88. The first-order valence-electron chi connectivity index (χ1n) is 2.81. The molecule has 0 aliphatic heterocycles. The molecule has 0 spiro atoms. The highest BCUT2D eigenvalue weighted by Crippen LogP contribution is 1.93. The molecule has 0 aliphatic rings. The van der Waals surface area contributed by atoms with Gasteiger partial charge in [-0.1, -0.05) is 6.07 Å². The van der Waals surface area contributed by atoms with Crippen LogP contribution in [0.1, 0.15) is 17.5 Å². The Morgan fingerprint density at radius 2 is 2.20 bits per heavy atom. The Balaban J connectivity index is 3.20. The highest BCUT2D eigenvalue weighted by molar-refractivity contribution is 5.90. The van der Waals surface area contributed by atoms with E-state index < -0.39 is 5.63 Å². The molecule has 0 saturated heterocycles. The average molecular weight is 138 g/mol. The molecule has 3 heteroatoms. The molecule has 10 heavy (non-hydrogen) atoms. The zero-order valence-corrected chi connectivity index (χ0v) is 5.46. The summed E-state index contributed by atoms with van der Waals surface area (Å²) in [6.07, 6.45) is 0. The van der Waals surface area contributed by atoms with E-state index in [9.17, 15) is 9.59 Å². The molecule has 0 saturated carbocycles. The fourth-order valence-corrected chi connectivity index (χ4v) is 0.580. The van der Waals surface area contributed by atoms with Gasteiger partial charge in [-0.25, -0.2) is 4.79 Å². The maximum atomic E-state index is 10.6. The fourth-order valence-electron chi connectivity index (χ4n) is 0.580. The van der Waals surface area contributed by atoms with E-state index in [0.717, 1.165) is 0 Å². The molecular weight excluding hydrogens is 132 g/mol. The Morgan fingerprint density at radius 3 is 2.60 bits per heavy atom. The highest BCUT2D eigenvalue weighted by atomic mass is 16.4. The van der Waals surface area contributed by atoms with Crippen molar-refractivity contribution in [1.82, 2.24) is 0 Å². The first kappa shape index (κ1) is 6.74. The lowest BCUT2D eigenvalue weighted by Crippen LogP contribution is -2.00. The molecule has 0 fully saturated rings. The van der Waals surface area contributed by atoms with E-state index in [4.69, 9.17) is 0 Å². The van der Waals surface area contributed by atoms with E-state index in [1.807, 2.05) is 0 Å². The minimum Gasteiger partial charge on any atom is -0.420 e. The van der Waals surface area contributed by atoms with Crippen LogP contribution in [0, 0.1) is 0 Å². The summed E-state index contributed by atoms with van der Waals surface area (Å²) in [6.45, 7) is 1.35. The number of ketones is 1. The third kappa shape index (κ3) is 1.31. The summed E-state index contributed by atoms with van der Waals surface area (Å²) in [4.78, 5) is 21.0. The van der Waals surface area contributed by atoms with Crippen molar-refractivity contribution in [3.05, 3.63) is 34.4 Å². The van der Waals surface area contributed by atoms with Gasteiger partial charge >= 0.3 is 5.63 Å². The van der Waals surface area contributed by atoms with Gasteiger partial charge in [-0.05, 0) is 6.07 Å². The number of carbonyl (C=O) groups excluding carboxylic acids is 1. The Labute approximate surface area is 57.3 Å². The van der Waals surface area contributed by atoms with Gasteiger partial charge in [0.1, 0.15) is 0 Å². The van der Waals surface area contributed by atoms with Crippen molar-refractivity contribution >= 4 is 5.78 Å². The summed E-state index contributed by atoms with van der Waals surface area (Å²) in [5.74, 6) is -0.134. The minimum atomic E-state index is -0.493. The number of hydrogen-bond acceptors (Lipinski definition) is 3. The van der Waals surface area contributed by atoms with Crippen molar-refractivity contribution in [2.24, 2.45) is 0 Å². The topological polar surface area (TPSA) is 47.3 Å². The van der Waals surface area contributed by atoms with Crippen LogP contribution in [-0.4, -0.2) is 5.78 Å². The molecular formula is C7H6O3. The second-order valence-electron chi connectivity index (χ2n) is 1.87. The van der Waals surface area contributed by atoms with E-state index in [2.05, 4.69) is 4.42 Å². The van der Waals surface area contributed by atoms with Crippen LogP contribution in [0.15, 0.2) is 27.4 Å². The lowest BCUT2D eigenvalue weighted by atomic mass is 10.3. The minimum absolute atomic E-state index is 0.104. The molecule has 0 unspecified atom stereocenters. The smallest absolute Gasteiger partial charge is 0.336 e. The van der Waals surface area contributed by atoms with Gasteiger partial charge in [0.15, 0.2) is 11.5 Å². The van der Waals surface area contributed by atoms with Crippen LogP contribution in [0.4, 0.5) is 0 Å². The van der Waals surface area contributed by atoms with Crippen molar-refractivity contribution in [2.45, 2.75) is 6.92 Å². The van der Waals surface area contributed by atoms with Crippen LogP contribution in [0.2, 0.25) is 0 Å². The van der Waals surface area contributed by atoms with E-state index in [0.29, 0.717) is 0 Å². The van der Waals surface area contributed by atoms with Crippen molar-refractivity contribution < 1.29 is 9.21 Å². The number of rotatable bonds is 1. The summed E-state index contributed by atoms with van der Waals surface area (Å²) in [5.41, 5.74) is -0.493. The molecule has 1 heterocycles. The standard InChI is InChI=1S/C7H6O3/c1-5(8)6-3-2-4-7(9)10-6/h2-4H,1H3. The SMILES string of the molecule is CC(=O)c1cccc(=O)o1. The van der Waals surface area contributed by atoms with E-state index >= 15 is 0 Å². The summed E-state index contributed by atoms with van der Waals surface area (Å²) < 4.78 is 4.53. The molecule has 1 aromatic heterocycles. The summed E-state index contributed by atoms with van der Waals surface area (Å²) in [5, 5.41) is 0. The number of hydrogen-bond donors (Lipinski definition) is 0. The van der Waals surface area contributed by atoms with Gasteiger partial charge in [0, 0.05) is 13.0 Å². The predicted molar refractivity (Wildman–Crippen MR) is 35.0 cm³/mol. The van der Waals surface area contributed by atoms with Crippen LogP contribution in [0.25, 0.3) is 0 Å². The summed E-state index contributed by atoms with van der Waals surface area (Å²) >= 11 is 0. The van der Waals surface area contributed by atoms with Gasteiger partial charge in [0.25, 0.3) is 0 Å². The Bertz CT molecular complexity index is 298. The lowest BCUT2D eigenvalue weighted by molar-refractivity contribution is 0.0983. The largest absolute Gasteiger partial charge is 0.420 e. The molecule has 0 bridgehead atoms. The molecule has 52 valence electrons. The third-order valence-corrected chi connectivity index (χ3v) is 1.04.